The zero-order chi connectivity index (χ0) is 13.9. The lowest BCUT2D eigenvalue weighted by molar-refractivity contribution is 0.0646. The number of nitrogens with zero attached hydrogens (tertiary/aromatic N) is 3. The van der Waals surface area contributed by atoms with Gasteiger partial charge in [0.15, 0.2) is 0 Å². The van der Waals surface area contributed by atoms with Crippen LogP contribution < -0.4 is 10.5 Å². The highest BCUT2D eigenvalue weighted by Gasteiger charge is 2.15. The van der Waals surface area contributed by atoms with Gasteiger partial charge in [0.05, 0.1) is 30.7 Å². The summed E-state index contributed by atoms with van der Waals surface area (Å²) in [6, 6.07) is 1.60. The zero-order valence-corrected chi connectivity index (χ0v) is 11.5. The first kappa shape index (κ1) is 14.0. The lowest BCUT2D eigenvalue weighted by Crippen LogP contribution is -2.37. The Morgan fingerprint density at radius 1 is 1.42 bits per heavy atom. The first-order chi connectivity index (χ1) is 8.96. The third-order valence-corrected chi connectivity index (χ3v) is 3.17. The molecule has 106 valence electrons. The fourth-order valence-electron chi connectivity index (χ4n) is 1.97. The first-order valence-corrected chi connectivity index (χ1v) is 6.58. The second-order valence-electron chi connectivity index (χ2n) is 5.44. The van der Waals surface area contributed by atoms with Gasteiger partial charge in [-0.3, -0.25) is 4.79 Å². The van der Waals surface area contributed by atoms with E-state index in [9.17, 15) is 9.90 Å². The molecule has 6 heteroatoms. The van der Waals surface area contributed by atoms with Gasteiger partial charge in [0.1, 0.15) is 0 Å². The summed E-state index contributed by atoms with van der Waals surface area (Å²) in [4.78, 5) is 14.1. The first-order valence-electron chi connectivity index (χ1n) is 6.58. The number of morpholine rings is 1. The van der Waals surface area contributed by atoms with Crippen molar-refractivity contribution in [2.24, 2.45) is 0 Å². The Hall–Kier alpha value is -1.40. The number of hydrogen-bond acceptors (Lipinski definition) is 5. The minimum atomic E-state index is -0.788. The Bertz CT molecular complexity index is 473. The second kappa shape index (κ2) is 5.71. The number of anilines is 1. The summed E-state index contributed by atoms with van der Waals surface area (Å²) < 4.78 is 6.67. The highest BCUT2D eigenvalue weighted by molar-refractivity contribution is 5.43. The number of hydrogen-bond donors (Lipinski definition) is 1. The minimum absolute atomic E-state index is 0.131. The maximum atomic E-state index is 12.0. The van der Waals surface area contributed by atoms with Gasteiger partial charge >= 0.3 is 0 Å². The van der Waals surface area contributed by atoms with Crippen LogP contribution in [0.3, 0.4) is 0 Å². The van der Waals surface area contributed by atoms with Crippen molar-refractivity contribution in [1.82, 2.24) is 9.78 Å². The molecular formula is C13H21N3O3. The molecule has 1 aromatic rings. The molecule has 1 N–H and O–H groups in total. The van der Waals surface area contributed by atoms with E-state index in [0.29, 0.717) is 26.2 Å². The molecule has 0 radical (unpaired) electrons. The van der Waals surface area contributed by atoms with E-state index in [4.69, 9.17) is 4.74 Å². The number of ether oxygens (including phenoxy) is 1. The topological polar surface area (TPSA) is 67.6 Å². The molecule has 0 unspecified atom stereocenters. The van der Waals surface area contributed by atoms with Crippen molar-refractivity contribution in [3.8, 4) is 0 Å². The highest BCUT2D eigenvalue weighted by atomic mass is 16.5. The van der Waals surface area contributed by atoms with Gasteiger partial charge in [0.25, 0.3) is 5.56 Å². The van der Waals surface area contributed by atoms with Gasteiger partial charge in [-0.05, 0) is 20.3 Å². The maximum Gasteiger partial charge on any atom is 0.268 e. The average Bonchev–Trinajstić information content (AvgIpc) is 2.37. The molecule has 2 heterocycles. The largest absolute Gasteiger partial charge is 0.390 e. The van der Waals surface area contributed by atoms with Gasteiger partial charge in [-0.25, -0.2) is 4.68 Å². The summed E-state index contributed by atoms with van der Waals surface area (Å²) in [6.45, 7) is 6.80. The number of aryl methyl sites for hydroxylation is 1. The minimum Gasteiger partial charge on any atom is -0.390 e. The van der Waals surface area contributed by atoms with Gasteiger partial charge in [-0.15, -0.1) is 0 Å². The Kier molecular flexibility index (Phi) is 4.21. The quantitative estimate of drug-likeness (QED) is 0.846. The molecule has 0 spiro atoms. The third-order valence-electron chi connectivity index (χ3n) is 3.17. The number of aliphatic hydroxyl groups is 1. The summed E-state index contributed by atoms with van der Waals surface area (Å²) in [6.07, 6.45) is 2.20. The van der Waals surface area contributed by atoms with Crippen LogP contribution in [0.1, 0.15) is 20.3 Å². The third kappa shape index (κ3) is 4.04. The van der Waals surface area contributed by atoms with E-state index in [1.807, 2.05) is 0 Å². The van der Waals surface area contributed by atoms with Crippen molar-refractivity contribution in [3.05, 3.63) is 22.6 Å². The van der Waals surface area contributed by atoms with E-state index < -0.39 is 5.60 Å². The lowest BCUT2D eigenvalue weighted by Gasteiger charge is -2.28. The van der Waals surface area contributed by atoms with Gasteiger partial charge in [-0.1, -0.05) is 0 Å². The molecule has 0 saturated carbocycles. The molecule has 0 amide bonds. The van der Waals surface area contributed by atoms with Gasteiger partial charge < -0.3 is 14.7 Å². The standard InChI is InChI=1S/C13H21N3O3/c1-13(2,18)3-4-16-12(17)9-11(10-14-16)15-5-7-19-8-6-15/h9-10,18H,3-8H2,1-2H3. The monoisotopic (exact) mass is 267 g/mol. The van der Waals surface area contributed by atoms with Crippen molar-refractivity contribution in [2.45, 2.75) is 32.4 Å². The predicted octanol–water partition coefficient (Wildman–Crippen LogP) is 0.241. The summed E-state index contributed by atoms with van der Waals surface area (Å²) in [5, 5.41) is 13.8. The summed E-state index contributed by atoms with van der Waals surface area (Å²) in [7, 11) is 0. The van der Waals surface area contributed by atoms with E-state index >= 15 is 0 Å². The van der Waals surface area contributed by atoms with E-state index in [1.54, 1.807) is 26.1 Å². The number of aromatic nitrogens is 2. The smallest absolute Gasteiger partial charge is 0.268 e. The maximum absolute atomic E-state index is 12.0. The molecule has 1 aliphatic rings. The van der Waals surface area contributed by atoms with Gasteiger partial charge in [-0.2, -0.15) is 5.10 Å². The molecule has 1 aliphatic heterocycles. The Morgan fingerprint density at radius 2 is 2.11 bits per heavy atom. The Balaban J connectivity index is 2.06. The molecule has 0 atom stereocenters. The fraction of sp³-hybridized carbons (Fsp3) is 0.692. The zero-order valence-electron chi connectivity index (χ0n) is 11.5. The normalized spacial score (nSPS) is 16.7. The Morgan fingerprint density at radius 3 is 2.68 bits per heavy atom. The van der Waals surface area contributed by atoms with Crippen LogP contribution in [0, 0.1) is 0 Å². The second-order valence-corrected chi connectivity index (χ2v) is 5.44. The van der Waals surface area contributed by atoms with E-state index in [-0.39, 0.29) is 5.56 Å². The molecule has 1 aromatic heterocycles. The van der Waals surface area contributed by atoms with Gasteiger partial charge in [0.2, 0.25) is 0 Å². The summed E-state index contributed by atoms with van der Waals surface area (Å²) >= 11 is 0. The molecule has 1 fully saturated rings. The molecule has 6 nitrogen and oxygen atoms in total. The SMILES string of the molecule is CC(C)(O)CCn1ncc(N2CCOCC2)cc1=O. The fourth-order valence-corrected chi connectivity index (χ4v) is 1.97. The van der Waals surface area contributed by atoms with Crippen LogP contribution in [0.15, 0.2) is 17.1 Å². The molecule has 19 heavy (non-hydrogen) atoms. The van der Waals surface area contributed by atoms with Crippen LogP contribution >= 0.6 is 0 Å². The molecule has 2 rings (SSSR count). The average molecular weight is 267 g/mol. The number of rotatable bonds is 4. The van der Waals surface area contributed by atoms with E-state index in [2.05, 4.69) is 10.00 Å². The Labute approximate surface area is 112 Å². The van der Waals surface area contributed by atoms with Crippen LogP contribution in [-0.4, -0.2) is 46.8 Å². The molecule has 0 aromatic carbocycles. The summed E-state index contributed by atoms with van der Waals surface area (Å²) in [5.74, 6) is 0. The van der Waals surface area contributed by atoms with Crippen LogP contribution in [0.2, 0.25) is 0 Å². The van der Waals surface area contributed by atoms with E-state index in [1.165, 1.54) is 4.68 Å². The van der Waals surface area contributed by atoms with Crippen molar-refractivity contribution in [2.75, 3.05) is 31.2 Å². The highest BCUT2D eigenvalue weighted by Crippen LogP contribution is 2.12. The van der Waals surface area contributed by atoms with Crippen molar-refractivity contribution < 1.29 is 9.84 Å². The van der Waals surface area contributed by atoms with Crippen molar-refractivity contribution in [1.29, 1.82) is 0 Å². The lowest BCUT2D eigenvalue weighted by atomic mass is 10.1. The van der Waals surface area contributed by atoms with Crippen LogP contribution in [0.5, 0.6) is 0 Å². The van der Waals surface area contributed by atoms with Crippen LogP contribution in [-0.2, 0) is 11.3 Å². The van der Waals surface area contributed by atoms with Crippen LogP contribution in [0.25, 0.3) is 0 Å². The molecule has 0 aliphatic carbocycles. The van der Waals surface area contributed by atoms with Crippen molar-refractivity contribution >= 4 is 5.69 Å². The van der Waals surface area contributed by atoms with Crippen LogP contribution in [0.4, 0.5) is 5.69 Å². The molecule has 0 bridgehead atoms. The van der Waals surface area contributed by atoms with Crippen molar-refractivity contribution in [3.63, 3.8) is 0 Å². The van der Waals surface area contributed by atoms with Gasteiger partial charge in [0, 0.05) is 25.7 Å². The summed E-state index contributed by atoms with van der Waals surface area (Å²) in [5.41, 5.74) is -0.0784. The molecule has 1 saturated heterocycles. The predicted molar refractivity (Wildman–Crippen MR) is 72.4 cm³/mol. The molecular weight excluding hydrogens is 246 g/mol. The van der Waals surface area contributed by atoms with E-state index in [0.717, 1.165) is 18.8 Å².